The third-order valence-corrected chi connectivity index (χ3v) is 3.55. The van der Waals surface area contributed by atoms with Crippen LogP contribution >= 0.6 is 0 Å². The molecule has 1 saturated heterocycles. The van der Waals surface area contributed by atoms with E-state index >= 15 is 0 Å². The molecule has 0 saturated carbocycles. The Hall–Kier alpha value is -1.77. The molecule has 3 heteroatoms. The molecule has 1 fully saturated rings. The van der Waals surface area contributed by atoms with Gasteiger partial charge in [-0.05, 0) is 45.1 Å². The average molecular weight is 287 g/mol. The minimum absolute atomic E-state index is 0.187. The molecule has 1 amide bonds. The normalized spacial score (nSPS) is 17.2. The number of allylic oxidation sites excluding steroid dienone is 1. The fourth-order valence-electron chi connectivity index (χ4n) is 2.41. The van der Waals surface area contributed by atoms with Crippen molar-refractivity contribution in [3.63, 3.8) is 0 Å². The first-order valence-corrected chi connectivity index (χ1v) is 7.65. The van der Waals surface area contributed by atoms with Gasteiger partial charge in [0.2, 0.25) is 0 Å². The molecule has 0 aromatic heterocycles. The first-order valence-electron chi connectivity index (χ1n) is 7.65. The van der Waals surface area contributed by atoms with Crippen molar-refractivity contribution in [3.8, 4) is 0 Å². The molecule has 1 aliphatic heterocycles. The molecular formula is C18H25NO2. The minimum Gasteiger partial charge on any atom is -0.444 e. The van der Waals surface area contributed by atoms with Gasteiger partial charge in [-0.1, -0.05) is 42.5 Å². The van der Waals surface area contributed by atoms with Gasteiger partial charge in [-0.3, -0.25) is 0 Å². The quantitative estimate of drug-likeness (QED) is 0.809. The van der Waals surface area contributed by atoms with Crippen molar-refractivity contribution < 1.29 is 9.53 Å². The number of nitrogens with zero attached hydrogens (tertiary/aromatic N) is 1. The third kappa shape index (κ3) is 5.25. The van der Waals surface area contributed by atoms with E-state index in [2.05, 4.69) is 24.3 Å². The van der Waals surface area contributed by atoms with Crippen molar-refractivity contribution in [1.82, 2.24) is 4.90 Å². The topological polar surface area (TPSA) is 29.5 Å². The number of piperidine rings is 1. The zero-order chi connectivity index (χ0) is 15.3. The fraction of sp³-hybridized carbons (Fsp3) is 0.500. The standard InChI is InChI=1S/C18H25NO2/c1-18(2,3)21-17(20)19-13-11-16(12-14-19)10-9-15-7-5-4-6-8-15/h4-10,16H,11-14H2,1-3H3/b10-9-. The molecule has 114 valence electrons. The summed E-state index contributed by atoms with van der Waals surface area (Å²) in [5, 5.41) is 0. The van der Waals surface area contributed by atoms with Gasteiger partial charge in [0.05, 0.1) is 0 Å². The van der Waals surface area contributed by atoms with Gasteiger partial charge in [-0.25, -0.2) is 4.79 Å². The van der Waals surface area contributed by atoms with Crippen LogP contribution in [0.25, 0.3) is 6.08 Å². The highest BCUT2D eigenvalue weighted by molar-refractivity contribution is 5.68. The number of rotatable bonds is 2. The van der Waals surface area contributed by atoms with Gasteiger partial charge in [-0.2, -0.15) is 0 Å². The molecule has 1 heterocycles. The molecule has 1 aromatic rings. The molecule has 1 aromatic carbocycles. The second kappa shape index (κ2) is 6.79. The Morgan fingerprint density at radius 2 is 1.81 bits per heavy atom. The van der Waals surface area contributed by atoms with Crippen LogP contribution in [0.3, 0.4) is 0 Å². The Labute approximate surface area is 127 Å². The third-order valence-electron chi connectivity index (χ3n) is 3.55. The van der Waals surface area contributed by atoms with E-state index in [0.717, 1.165) is 25.9 Å². The number of amides is 1. The van der Waals surface area contributed by atoms with E-state index in [1.54, 1.807) is 0 Å². The van der Waals surface area contributed by atoms with Gasteiger partial charge >= 0.3 is 6.09 Å². The van der Waals surface area contributed by atoms with Gasteiger partial charge in [0.15, 0.2) is 0 Å². The Kier molecular flexibility index (Phi) is 5.05. The summed E-state index contributed by atoms with van der Waals surface area (Å²) in [5.74, 6) is 0.545. The van der Waals surface area contributed by atoms with Crippen molar-refractivity contribution in [3.05, 3.63) is 42.0 Å². The van der Waals surface area contributed by atoms with Crippen LogP contribution in [0.1, 0.15) is 39.2 Å². The van der Waals surface area contributed by atoms with Crippen molar-refractivity contribution in [2.45, 2.75) is 39.2 Å². The van der Waals surface area contributed by atoms with E-state index in [1.807, 2.05) is 43.9 Å². The largest absolute Gasteiger partial charge is 0.444 e. The molecule has 0 aliphatic carbocycles. The Morgan fingerprint density at radius 3 is 2.38 bits per heavy atom. The molecule has 0 radical (unpaired) electrons. The first kappa shape index (κ1) is 15.6. The van der Waals surface area contributed by atoms with Crippen molar-refractivity contribution >= 4 is 12.2 Å². The van der Waals surface area contributed by atoms with Gasteiger partial charge in [0, 0.05) is 13.1 Å². The van der Waals surface area contributed by atoms with Gasteiger partial charge in [-0.15, -0.1) is 0 Å². The first-order chi connectivity index (χ1) is 9.94. The highest BCUT2D eigenvalue weighted by Crippen LogP contribution is 2.21. The van der Waals surface area contributed by atoms with Crippen LogP contribution in [0.2, 0.25) is 0 Å². The summed E-state index contributed by atoms with van der Waals surface area (Å²) in [6.45, 7) is 7.26. The lowest BCUT2D eigenvalue weighted by Crippen LogP contribution is -2.41. The Bertz CT molecular complexity index is 480. The Morgan fingerprint density at radius 1 is 1.19 bits per heavy atom. The highest BCUT2D eigenvalue weighted by Gasteiger charge is 2.25. The van der Waals surface area contributed by atoms with Crippen LogP contribution in [0, 0.1) is 5.92 Å². The molecule has 1 aliphatic rings. The lowest BCUT2D eigenvalue weighted by molar-refractivity contribution is 0.0197. The summed E-state index contributed by atoms with van der Waals surface area (Å²) in [5.41, 5.74) is 0.813. The van der Waals surface area contributed by atoms with Crippen LogP contribution < -0.4 is 0 Å². The van der Waals surface area contributed by atoms with Crippen molar-refractivity contribution in [2.75, 3.05) is 13.1 Å². The molecule has 2 rings (SSSR count). The average Bonchev–Trinajstić information content (AvgIpc) is 2.45. The lowest BCUT2D eigenvalue weighted by atomic mass is 9.96. The molecule has 3 nitrogen and oxygen atoms in total. The van der Waals surface area contributed by atoms with Crippen LogP contribution in [0.5, 0.6) is 0 Å². The van der Waals surface area contributed by atoms with E-state index in [9.17, 15) is 4.79 Å². The zero-order valence-corrected chi connectivity index (χ0v) is 13.2. The molecule has 0 atom stereocenters. The molecule has 0 bridgehead atoms. The number of hydrogen-bond donors (Lipinski definition) is 0. The second-order valence-corrected chi connectivity index (χ2v) is 6.57. The molecular weight excluding hydrogens is 262 g/mol. The van der Waals surface area contributed by atoms with Crippen LogP contribution in [-0.4, -0.2) is 29.7 Å². The highest BCUT2D eigenvalue weighted by atomic mass is 16.6. The van der Waals surface area contributed by atoms with Crippen LogP contribution in [0.4, 0.5) is 4.79 Å². The predicted molar refractivity (Wildman–Crippen MR) is 86.0 cm³/mol. The molecule has 21 heavy (non-hydrogen) atoms. The maximum absolute atomic E-state index is 12.0. The molecule has 0 N–H and O–H groups in total. The van der Waals surface area contributed by atoms with E-state index < -0.39 is 5.60 Å². The van der Waals surface area contributed by atoms with E-state index in [0.29, 0.717) is 5.92 Å². The predicted octanol–water partition coefficient (Wildman–Crippen LogP) is 4.35. The smallest absolute Gasteiger partial charge is 0.410 e. The SMILES string of the molecule is CC(C)(C)OC(=O)N1CCC(/C=C\c2ccccc2)CC1. The lowest BCUT2D eigenvalue weighted by Gasteiger charge is -2.32. The van der Waals surface area contributed by atoms with Gasteiger partial charge in [0.1, 0.15) is 5.60 Å². The number of hydrogen-bond acceptors (Lipinski definition) is 2. The number of likely N-dealkylation sites (tertiary alicyclic amines) is 1. The number of carbonyl (C=O) groups is 1. The molecule has 0 unspecified atom stereocenters. The second-order valence-electron chi connectivity index (χ2n) is 6.57. The van der Waals surface area contributed by atoms with E-state index in [4.69, 9.17) is 4.74 Å². The molecule has 0 spiro atoms. The maximum atomic E-state index is 12.0. The number of carbonyl (C=O) groups excluding carboxylic acids is 1. The summed E-state index contributed by atoms with van der Waals surface area (Å²) in [6.07, 6.45) is 6.26. The fourth-order valence-corrected chi connectivity index (χ4v) is 2.41. The van der Waals surface area contributed by atoms with Crippen molar-refractivity contribution in [1.29, 1.82) is 0 Å². The number of benzene rings is 1. The van der Waals surface area contributed by atoms with Crippen molar-refractivity contribution in [2.24, 2.45) is 5.92 Å². The van der Waals surface area contributed by atoms with Gasteiger partial charge < -0.3 is 9.64 Å². The summed E-state index contributed by atoms with van der Waals surface area (Å²) in [7, 11) is 0. The summed E-state index contributed by atoms with van der Waals surface area (Å²) < 4.78 is 5.41. The monoisotopic (exact) mass is 287 g/mol. The van der Waals surface area contributed by atoms with Crippen LogP contribution in [0.15, 0.2) is 36.4 Å². The summed E-state index contributed by atoms with van der Waals surface area (Å²) in [4.78, 5) is 13.8. The summed E-state index contributed by atoms with van der Waals surface area (Å²) in [6, 6.07) is 10.3. The zero-order valence-electron chi connectivity index (χ0n) is 13.2. The van der Waals surface area contributed by atoms with Gasteiger partial charge in [0.25, 0.3) is 0 Å². The minimum atomic E-state index is -0.416. The number of ether oxygens (including phenoxy) is 1. The van der Waals surface area contributed by atoms with E-state index in [-0.39, 0.29) is 6.09 Å². The maximum Gasteiger partial charge on any atom is 0.410 e. The van der Waals surface area contributed by atoms with Crippen LogP contribution in [-0.2, 0) is 4.74 Å². The van der Waals surface area contributed by atoms with E-state index in [1.165, 1.54) is 5.56 Å². The Balaban J connectivity index is 1.81. The summed E-state index contributed by atoms with van der Waals surface area (Å²) >= 11 is 0.